The molecule has 0 bridgehead atoms. The molecule has 0 aromatic carbocycles. The summed E-state index contributed by atoms with van der Waals surface area (Å²) < 4.78 is 14.5. The number of carbonyl (C=O) groups is 1. The van der Waals surface area contributed by atoms with Crippen LogP contribution in [0.4, 0.5) is 4.39 Å². The lowest BCUT2D eigenvalue weighted by Crippen LogP contribution is -1.94. The van der Waals surface area contributed by atoms with E-state index < -0.39 is 5.95 Å². The molecule has 0 saturated carbocycles. The van der Waals surface area contributed by atoms with Gasteiger partial charge in [0, 0.05) is 24.0 Å². The number of nitrogens with zero attached hydrogens (tertiary/aromatic N) is 4. The minimum atomic E-state index is -0.571. The molecule has 5 nitrogen and oxygen atoms in total. The zero-order chi connectivity index (χ0) is 12.5. The summed E-state index contributed by atoms with van der Waals surface area (Å²) in [5.74, 6) is -0.571. The van der Waals surface area contributed by atoms with Gasteiger partial charge in [-0.15, -0.1) is 0 Å². The fourth-order valence-corrected chi connectivity index (χ4v) is 1.69. The molecule has 3 aromatic rings. The van der Waals surface area contributed by atoms with Crippen molar-refractivity contribution in [2.75, 3.05) is 0 Å². The van der Waals surface area contributed by atoms with Crippen molar-refractivity contribution >= 4 is 11.9 Å². The highest BCUT2D eigenvalue weighted by molar-refractivity contribution is 5.84. The average molecular weight is 242 g/mol. The van der Waals surface area contributed by atoms with E-state index in [0.29, 0.717) is 28.8 Å². The van der Waals surface area contributed by atoms with Crippen molar-refractivity contribution < 1.29 is 9.18 Å². The molecule has 3 aromatic heterocycles. The van der Waals surface area contributed by atoms with Crippen LogP contribution in [0.5, 0.6) is 0 Å². The third-order valence-corrected chi connectivity index (χ3v) is 2.55. The summed E-state index contributed by atoms with van der Waals surface area (Å²) in [6, 6.07) is 4.64. The number of hydrogen-bond donors (Lipinski definition) is 0. The van der Waals surface area contributed by atoms with Crippen LogP contribution < -0.4 is 0 Å². The number of hydrogen-bond acceptors (Lipinski definition) is 4. The third kappa shape index (κ3) is 1.64. The van der Waals surface area contributed by atoms with Crippen LogP contribution in [0.2, 0.25) is 0 Å². The summed E-state index contributed by atoms with van der Waals surface area (Å²) in [5, 5.41) is 3.98. The quantitative estimate of drug-likeness (QED) is 0.507. The highest BCUT2D eigenvalue weighted by atomic mass is 19.1. The first-order chi connectivity index (χ1) is 8.78. The molecule has 0 atom stereocenters. The van der Waals surface area contributed by atoms with E-state index in [1.165, 1.54) is 23.0 Å². The number of aromatic nitrogens is 4. The van der Waals surface area contributed by atoms with Gasteiger partial charge in [0.1, 0.15) is 0 Å². The van der Waals surface area contributed by atoms with Crippen LogP contribution in [-0.4, -0.2) is 25.9 Å². The summed E-state index contributed by atoms with van der Waals surface area (Å²) >= 11 is 0. The molecule has 88 valence electrons. The Morgan fingerprint density at radius 1 is 1.33 bits per heavy atom. The van der Waals surface area contributed by atoms with Crippen LogP contribution in [0.15, 0.2) is 36.8 Å². The van der Waals surface area contributed by atoms with Crippen molar-refractivity contribution in [1.29, 1.82) is 0 Å². The van der Waals surface area contributed by atoms with Crippen molar-refractivity contribution in [3.8, 4) is 11.3 Å². The molecule has 0 unspecified atom stereocenters. The minimum Gasteiger partial charge on any atom is -0.298 e. The fraction of sp³-hybridized carbons (Fsp3) is 0. The summed E-state index contributed by atoms with van der Waals surface area (Å²) in [6.45, 7) is 0. The first-order valence-electron chi connectivity index (χ1n) is 5.19. The van der Waals surface area contributed by atoms with Crippen molar-refractivity contribution in [3.05, 3.63) is 48.3 Å². The Morgan fingerprint density at radius 3 is 3.00 bits per heavy atom. The molecule has 18 heavy (non-hydrogen) atoms. The molecule has 0 aliphatic rings. The minimum absolute atomic E-state index is 0.395. The van der Waals surface area contributed by atoms with Crippen molar-refractivity contribution in [1.82, 2.24) is 19.6 Å². The SMILES string of the molecule is O=Cc1cnn2ccc(-c3ccnc(F)c3)nc12. The first-order valence-corrected chi connectivity index (χ1v) is 5.19. The van der Waals surface area contributed by atoms with E-state index in [2.05, 4.69) is 15.1 Å². The zero-order valence-corrected chi connectivity index (χ0v) is 9.12. The number of pyridine rings is 1. The van der Waals surface area contributed by atoms with Crippen LogP contribution in [0.3, 0.4) is 0 Å². The Morgan fingerprint density at radius 2 is 2.22 bits per heavy atom. The Kier molecular flexibility index (Phi) is 2.33. The molecule has 0 spiro atoms. The molecule has 3 rings (SSSR count). The lowest BCUT2D eigenvalue weighted by Gasteiger charge is -2.01. The first kappa shape index (κ1) is 10.5. The van der Waals surface area contributed by atoms with E-state index in [-0.39, 0.29) is 0 Å². The molecular formula is C12H7FN4O. The smallest absolute Gasteiger partial charge is 0.213 e. The average Bonchev–Trinajstić information content (AvgIpc) is 2.80. The number of carbonyl (C=O) groups excluding carboxylic acids is 1. The van der Waals surface area contributed by atoms with Gasteiger partial charge in [0.15, 0.2) is 11.9 Å². The molecule has 0 saturated heterocycles. The summed E-state index contributed by atoms with van der Waals surface area (Å²) in [7, 11) is 0. The molecule has 3 heterocycles. The van der Waals surface area contributed by atoms with Gasteiger partial charge < -0.3 is 0 Å². The Hall–Kier alpha value is -2.63. The van der Waals surface area contributed by atoms with Crippen LogP contribution >= 0.6 is 0 Å². The number of aldehydes is 1. The van der Waals surface area contributed by atoms with Gasteiger partial charge in [-0.3, -0.25) is 4.79 Å². The van der Waals surface area contributed by atoms with Gasteiger partial charge in [0.05, 0.1) is 17.5 Å². The van der Waals surface area contributed by atoms with Crippen molar-refractivity contribution in [2.45, 2.75) is 0 Å². The van der Waals surface area contributed by atoms with Gasteiger partial charge in [0.25, 0.3) is 0 Å². The monoisotopic (exact) mass is 242 g/mol. The van der Waals surface area contributed by atoms with E-state index in [4.69, 9.17) is 0 Å². The molecule has 0 aliphatic carbocycles. The predicted octanol–water partition coefficient (Wildman–Crippen LogP) is 1.74. The van der Waals surface area contributed by atoms with Gasteiger partial charge in [-0.1, -0.05) is 0 Å². The van der Waals surface area contributed by atoms with Gasteiger partial charge in [-0.05, 0) is 12.1 Å². The second-order valence-corrected chi connectivity index (χ2v) is 3.67. The standard InChI is InChI=1S/C12H7FN4O/c13-11-5-8(1-3-14-11)10-2-4-17-12(16-10)9(7-18)6-15-17/h1-7H. The van der Waals surface area contributed by atoms with E-state index in [1.54, 1.807) is 18.3 Å². The number of rotatable bonds is 2. The lowest BCUT2D eigenvalue weighted by molar-refractivity contribution is 0.112. The molecule has 0 radical (unpaired) electrons. The van der Waals surface area contributed by atoms with Crippen LogP contribution in [-0.2, 0) is 0 Å². The molecule has 6 heteroatoms. The van der Waals surface area contributed by atoms with E-state index in [0.717, 1.165) is 0 Å². The second kappa shape index (κ2) is 3.99. The van der Waals surface area contributed by atoms with Crippen LogP contribution in [0, 0.1) is 5.95 Å². The Balaban J connectivity index is 2.21. The Bertz CT molecular complexity index is 738. The van der Waals surface area contributed by atoms with Crippen LogP contribution in [0.25, 0.3) is 16.9 Å². The zero-order valence-electron chi connectivity index (χ0n) is 9.12. The molecule has 0 N–H and O–H groups in total. The van der Waals surface area contributed by atoms with E-state index in [1.807, 2.05) is 0 Å². The molecular weight excluding hydrogens is 235 g/mol. The van der Waals surface area contributed by atoms with E-state index >= 15 is 0 Å². The van der Waals surface area contributed by atoms with Gasteiger partial charge in [0.2, 0.25) is 5.95 Å². The fourth-order valence-electron chi connectivity index (χ4n) is 1.69. The lowest BCUT2D eigenvalue weighted by atomic mass is 10.2. The van der Waals surface area contributed by atoms with Gasteiger partial charge in [-0.25, -0.2) is 14.5 Å². The normalized spacial score (nSPS) is 10.7. The topological polar surface area (TPSA) is 60.2 Å². The van der Waals surface area contributed by atoms with Crippen LogP contribution in [0.1, 0.15) is 10.4 Å². The van der Waals surface area contributed by atoms with Crippen molar-refractivity contribution in [2.24, 2.45) is 0 Å². The highest BCUT2D eigenvalue weighted by Crippen LogP contribution is 2.18. The largest absolute Gasteiger partial charge is 0.298 e. The molecule has 0 fully saturated rings. The second-order valence-electron chi connectivity index (χ2n) is 3.67. The summed E-state index contributed by atoms with van der Waals surface area (Å²) in [6.07, 6.45) is 5.16. The maximum Gasteiger partial charge on any atom is 0.213 e. The molecule has 0 aliphatic heterocycles. The number of halogens is 1. The molecule has 0 amide bonds. The summed E-state index contributed by atoms with van der Waals surface area (Å²) in [4.78, 5) is 18.6. The predicted molar refractivity (Wildman–Crippen MR) is 61.6 cm³/mol. The van der Waals surface area contributed by atoms with Gasteiger partial charge in [-0.2, -0.15) is 9.49 Å². The van der Waals surface area contributed by atoms with Gasteiger partial charge >= 0.3 is 0 Å². The maximum absolute atomic E-state index is 13.0. The highest BCUT2D eigenvalue weighted by Gasteiger charge is 2.07. The Labute approximate surface area is 101 Å². The van der Waals surface area contributed by atoms with E-state index in [9.17, 15) is 9.18 Å². The maximum atomic E-state index is 13.0. The third-order valence-electron chi connectivity index (χ3n) is 2.55. The van der Waals surface area contributed by atoms with Crippen molar-refractivity contribution in [3.63, 3.8) is 0 Å². The summed E-state index contributed by atoms with van der Waals surface area (Å²) in [5.41, 5.74) is 2.00. The number of fused-ring (bicyclic) bond motifs is 1.